The number of sulfonamides is 1. The van der Waals surface area contributed by atoms with Crippen LogP contribution >= 0.6 is 11.6 Å². The van der Waals surface area contributed by atoms with Crippen molar-refractivity contribution in [3.8, 4) is 11.3 Å². The normalized spacial score (nSPS) is 15.4. The second-order valence-electron chi connectivity index (χ2n) is 7.45. The van der Waals surface area contributed by atoms with Crippen molar-refractivity contribution in [1.82, 2.24) is 19.8 Å². The van der Waals surface area contributed by atoms with Gasteiger partial charge in [-0.15, -0.1) is 4.83 Å². The molecule has 0 saturated heterocycles. The van der Waals surface area contributed by atoms with Gasteiger partial charge in [0, 0.05) is 12.6 Å². The lowest BCUT2D eigenvalue weighted by Gasteiger charge is -2.21. The third kappa shape index (κ3) is 5.15. The van der Waals surface area contributed by atoms with E-state index >= 15 is 0 Å². The van der Waals surface area contributed by atoms with Gasteiger partial charge in [-0.3, -0.25) is 10.2 Å². The summed E-state index contributed by atoms with van der Waals surface area (Å²) in [7, 11) is -1.96. The standard InChI is InChI=1S/C19H24ClFN4O3S/c1-12-18(25(2)11-22-12)14-8-15(17(21)16(20)9-14)19(26)23-24-29(27,28)10-13-6-4-3-5-7-13/h8-9,11,13,24H,3-7,10H2,1-2H3,(H,23,26). The molecule has 0 spiro atoms. The Hall–Kier alpha value is -1.97. The van der Waals surface area contributed by atoms with Gasteiger partial charge in [0.1, 0.15) is 0 Å². The summed E-state index contributed by atoms with van der Waals surface area (Å²) >= 11 is 5.98. The van der Waals surface area contributed by atoms with Gasteiger partial charge in [0.2, 0.25) is 10.0 Å². The van der Waals surface area contributed by atoms with E-state index in [0.717, 1.165) is 32.1 Å². The van der Waals surface area contributed by atoms with Crippen molar-refractivity contribution in [3.05, 3.63) is 40.6 Å². The summed E-state index contributed by atoms with van der Waals surface area (Å²) in [5, 5.41) is -0.238. The fourth-order valence-corrected chi connectivity index (χ4v) is 5.25. The lowest BCUT2D eigenvalue weighted by atomic mass is 9.91. The van der Waals surface area contributed by atoms with Gasteiger partial charge in [-0.2, -0.15) is 0 Å². The number of nitrogens with one attached hydrogen (secondary N) is 2. The SMILES string of the molecule is Cc1ncn(C)c1-c1cc(Cl)c(F)c(C(=O)NNS(=O)(=O)CC2CCCCC2)c1. The Kier molecular flexibility index (Phi) is 6.60. The number of aryl methyl sites for hydroxylation is 2. The van der Waals surface area contributed by atoms with E-state index in [1.807, 2.05) is 0 Å². The van der Waals surface area contributed by atoms with Gasteiger partial charge >= 0.3 is 0 Å². The Bertz CT molecular complexity index is 997. The van der Waals surface area contributed by atoms with Crippen LogP contribution in [0.2, 0.25) is 5.02 Å². The highest BCUT2D eigenvalue weighted by Crippen LogP contribution is 2.29. The van der Waals surface area contributed by atoms with Crippen LogP contribution in [0.15, 0.2) is 18.5 Å². The third-order valence-electron chi connectivity index (χ3n) is 5.17. The highest BCUT2D eigenvalue weighted by molar-refractivity contribution is 7.89. The summed E-state index contributed by atoms with van der Waals surface area (Å²) in [6.45, 7) is 1.78. The summed E-state index contributed by atoms with van der Waals surface area (Å²) < 4.78 is 40.7. The van der Waals surface area contributed by atoms with Crippen LogP contribution in [0.3, 0.4) is 0 Å². The van der Waals surface area contributed by atoms with Crippen LogP contribution in [0.4, 0.5) is 4.39 Å². The molecule has 1 saturated carbocycles. The van der Waals surface area contributed by atoms with Crippen molar-refractivity contribution in [3.63, 3.8) is 0 Å². The summed E-state index contributed by atoms with van der Waals surface area (Å²) in [5.41, 5.74) is 3.62. The van der Waals surface area contributed by atoms with Crippen LogP contribution in [-0.4, -0.2) is 29.6 Å². The van der Waals surface area contributed by atoms with Gasteiger partial charge in [0.05, 0.1) is 34.1 Å². The van der Waals surface area contributed by atoms with Gasteiger partial charge < -0.3 is 4.57 Å². The topological polar surface area (TPSA) is 93.1 Å². The largest absolute Gasteiger partial charge is 0.334 e. The number of carbonyl (C=O) groups excluding carboxylic acids is 1. The fraction of sp³-hybridized carbons (Fsp3) is 0.474. The minimum atomic E-state index is -3.73. The molecular weight excluding hydrogens is 419 g/mol. The first kappa shape index (κ1) is 21.7. The van der Waals surface area contributed by atoms with E-state index in [2.05, 4.69) is 15.2 Å². The Labute approximate surface area is 174 Å². The summed E-state index contributed by atoms with van der Waals surface area (Å²) in [6, 6.07) is 2.74. The van der Waals surface area contributed by atoms with Gasteiger partial charge in [-0.1, -0.05) is 30.9 Å². The lowest BCUT2D eigenvalue weighted by Crippen LogP contribution is -2.44. The Morgan fingerprint density at radius 2 is 2.00 bits per heavy atom. The molecule has 7 nitrogen and oxygen atoms in total. The van der Waals surface area contributed by atoms with Crippen LogP contribution < -0.4 is 10.3 Å². The molecule has 3 rings (SSSR count). The molecular formula is C19H24ClFN4O3S. The molecule has 0 aliphatic heterocycles. The molecule has 2 N–H and O–H groups in total. The zero-order valence-electron chi connectivity index (χ0n) is 16.3. The average molecular weight is 443 g/mol. The monoisotopic (exact) mass is 442 g/mol. The van der Waals surface area contributed by atoms with Gasteiger partial charge in [0.15, 0.2) is 5.82 Å². The first-order valence-electron chi connectivity index (χ1n) is 9.45. The van der Waals surface area contributed by atoms with E-state index in [4.69, 9.17) is 11.6 Å². The van der Waals surface area contributed by atoms with E-state index < -0.39 is 21.7 Å². The van der Waals surface area contributed by atoms with Gasteiger partial charge in [-0.05, 0) is 37.8 Å². The van der Waals surface area contributed by atoms with Crippen molar-refractivity contribution in [2.24, 2.45) is 13.0 Å². The van der Waals surface area contributed by atoms with Crippen molar-refractivity contribution < 1.29 is 17.6 Å². The molecule has 29 heavy (non-hydrogen) atoms. The van der Waals surface area contributed by atoms with Crippen molar-refractivity contribution in [1.29, 1.82) is 0 Å². The number of rotatable bonds is 6. The molecule has 0 radical (unpaired) electrons. The number of nitrogens with zero attached hydrogens (tertiary/aromatic N) is 2. The minimum Gasteiger partial charge on any atom is -0.334 e. The van der Waals surface area contributed by atoms with Crippen molar-refractivity contribution >= 4 is 27.5 Å². The number of halogens is 2. The summed E-state index contributed by atoms with van der Waals surface area (Å²) in [5.74, 6) is -1.83. The molecule has 0 unspecified atom stereocenters. The highest BCUT2D eigenvalue weighted by Gasteiger charge is 2.23. The third-order valence-corrected chi connectivity index (χ3v) is 6.76. The zero-order valence-corrected chi connectivity index (χ0v) is 17.9. The number of hydrogen-bond acceptors (Lipinski definition) is 4. The predicted molar refractivity (Wildman–Crippen MR) is 109 cm³/mol. The van der Waals surface area contributed by atoms with E-state index in [-0.39, 0.29) is 22.3 Å². The first-order valence-corrected chi connectivity index (χ1v) is 11.5. The molecule has 1 heterocycles. The maximum absolute atomic E-state index is 14.5. The number of amides is 1. The van der Waals surface area contributed by atoms with E-state index in [9.17, 15) is 17.6 Å². The average Bonchev–Trinajstić information content (AvgIpc) is 3.01. The van der Waals surface area contributed by atoms with Crippen molar-refractivity contribution in [2.75, 3.05) is 5.75 Å². The number of hydrazine groups is 1. The second-order valence-corrected chi connectivity index (χ2v) is 9.62. The smallest absolute Gasteiger partial charge is 0.269 e. The van der Waals surface area contributed by atoms with Crippen LogP contribution in [-0.2, 0) is 17.1 Å². The first-order chi connectivity index (χ1) is 13.7. The molecule has 2 aromatic rings. The highest BCUT2D eigenvalue weighted by atomic mass is 35.5. The van der Waals surface area contributed by atoms with Crippen LogP contribution in [0.1, 0.15) is 48.2 Å². The quantitative estimate of drug-likeness (QED) is 0.671. The van der Waals surface area contributed by atoms with Crippen LogP contribution in [0, 0.1) is 18.7 Å². The molecule has 0 bridgehead atoms. The summed E-state index contributed by atoms with van der Waals surface area (Å²) in [6.07, 6.45) is 6.44. The number of imidazole rings is 1. The van der Waals surface area contributed by atoms with Crippen molar-refractivity contribution in [2.45, 2.75) is 39.0 Å². The van der Waals surface area contributed by atoms with E-state index in [1.54, 1.807) is 24.9 Å². The molecule has 158 valence electrons. The Morgan fingerprint density at radius 3 is 2.62 bits per heavy atom. The maximum Gasteiger partial charge on any atom is 0.269 e. The van der Waals surface area contributed by atoms with E-state index in [1.165, 1.54) is 12.1 Å². The molecule has 1 amide bonds. The molecule has 10 heteroatoms. The number of benzene rings is 1. The molecule has 1 fully saturated rings. The van der Waals surface area contributed by atoms with Gasteiger partial charge in [-0.25, -0.2) is 17.8 Å². The van der Waals surface area contributed by atoms with E-state index in [0.29, 0.717) is 17.0 Å². The summed E-state index contributed by atoms with van der Waals surface area (Å²) in [4.78, 5) is 18.7. The molecule has 1 aromatic carbocycles. The predicted octanol–water partition coefficient (Wildman–Crippen LogP) is 3.33. The fourth-order valence-electron chi connectivity index (χ4n) is 3.75. The Balaban J connectivity index is 1.76. The Morgan fingerprint density at radius 1 is 1.31 bits per heavy atom. The number of carbonyl (C=O) groups is 1. The number of hydrogen-bond donors (Lipinski definition) is 2. The second kappa shape index (κ2) is 8.81. The van der Waals surface area contributed by atoms with Crippen LogP contribution in [0.5, 0.6) is 0 Å². The number of aromatic nitrogens is 2. The molecule has 0 atom stereocenters. The molecule has 1 aliphatic carbocycles. The maximum atomic E-state index is 14.5. The molecule has 1 aromatic heterocycles. The van der Waals surface area contributed by atoms with Gasteiger partial charge in [0.25, 0.3) is 5.91 Å². The zero-order chi connectivity index (χ0) is 21.2. The molecule has 1 aliphatic rings. The lowest BCUT2D eigenvalue weighted by molar-refractivity contribution is 0.0941. The van der Waals surface area contributed by atoms with Crippen LogP contribution in [0.25, 0.3) is 11.3 Å². The minimum absolute atomic E-state index is 0.0647.